The Morgan fingerprint density at radius 2 is 1.84 bits per heavy atom. The van der Waals surface area contributed by atoms with Gasteiger partial charge < -0.3 is 10.2 Å². The first-order chi connectivity index (χ1) is 15.3. The predicted molar refractivity (Wildman–Crippen MR) is 123 cm³/mol. The van der Waals surface area contributed by atoms with Crippen LogP contribution in [0.3, 0.4) is 0 Å². The molecule has 0 bridgehead atoms. The highest BCUT2D eigenvalue weighted by Gasteiger charge is 2.35. The molecule has 1 N–H and O–H groups in total. The molecule has 1 unspecified atom stereocenters. The number of amides is 2. The van der Waals surface area contributed by atoms with E-state index in [-0.39, 0.29) is 23.7 Å². The van der Waals surface area contributed by atoms with E-state index in [1.54, 1.807) is 11.1 Å². The van der Waals surface area contributed by atoms with Crippen LogP contribution in [-0.4, -0.2) is 38.0 Å². The van der Waals surface area contributed by atoms with Gasteiger partial charge in [-0.1, -0.05) is 57.2 Å². The topological polar surface area (TPSA) is 80.1 Å². The van der Waals surface area contributed by atoms with Crippen molar-refractivity contribution in [3.8, 4) is 0 Å². The Kier molecular flexibility index (Phi) is 6.08. The molecule has 2 aromatic heterocycles. The van der Waals surface area contributed by atoms with E-state index in [4.69, 9.17) is 5.10 Å². The Bertz CT molecular complexity index is 1090. The number of pyridine rings is 1. The third kappa shape index (κ3) is 5.04. The van der Waals surface area contributed by atoms with E-state index in [2.05, 4.69) is 31.1 Å². The molecule has 1 saturated heterocycles. The van der Waals surface area contributed by atoms with Crippen molar-refractivity contribution in [2.75, 3.05) is 11.9 Å². The Hall–Kier alpha value is -3.48. The Morgan fingerprint density at radius 3 is 2.53 bits per heavy atom. The van der Waals surface area contributed by atoms with Crippen LogP contribution in [-0.2, 0) is 28.1 Å². The Morgan fingerprint density at radius 1 is 1.09 bits per heavy atom. The van der Waals surface area contributed by atoms with Crippen LogP contribution >= 0.6 is 0 Å². The molecule has 7 nitrogen and oxygen atoms in total. The number of hydrogen-bond donors (Lipinski definition) is 1. The Balaban J connectivity index is 1.48. The van der Waals surface area contributed by atoms with Crippen molar-refractivity contribution in [2.45, 2.75) is 45.7 Å². The molecular formula is C25H29N5O2. The molecule has 166 valence electrons. The first kappa shape index (κ1) is 21.7. The van der Waals surface area contributed by atoms with E-state index in [0.717, 1.165) is 17.0 Å². The fourth-order valence-electron chi connectivity index (χ4n) is 3.78. The highest BCUT2D eigenvalue weighted by Crippen LogP contribution is 2.26. The highest BCUT2D eigenvalue weighted by atomic mass is 16.2. The number of benzene rings is 1. The van der Waals surface area contributed by atoms with E-state index in [1.165, 1.54) is 0 Å². The lowest BCUT2D eigenvalue weighted by atomic mass is 9.92. The summed E-state index contributed by atoms with van der Waals surface area (Å²) in [5.74, 6) is 0.0734. The van der Waals surface area contributed by atoms with Gasteiger partial charge in [0.1, 0.15) is 5.82 Å². The van der Waals surface area contributed by atoms with Crippen molar-refractivity contribution in [1.82, 2.24) is 19.7 Å². The summed E-state index contributed by atoms with van der Waals surface area (Å²) in [4.78, 5) is 31.6. The van der Waals surface area contributed by atoms with Crippen molar-refractivity contribution in [2.24, 2.45) is 5.92 Å². The number of nitrogens with zero attached hydrogens (tertiary/aromatic N) is 4. The number of rotatable bonds is 6. The van der Waals surface area contributed by atoms with Gasteiger partial charge in [-0.05, 0) is 17.7 Å². The van der Waals surface area contributed by atoms with E-state index in [1.807, 2.05) is 59.3 Å². The smallest absolute Gasteiger partial charge is 0.230 e. The van der Waals surface area contributed by atoms with Crippen LogP contribution in [0.25, 0.3) is 0 Å². The van der Waals surface area contributed by atoms with Crippen LogP contribution in [0.15, 0.2) is 60.8 Å². The minimum absolute atomic E-state index is 0.0241. The molecular weight excluding hydrogens is 402 g/mol. The van der Waals surface area contributed by atoms with Crippen LogP contribution in [0.1, 0.15) is 44.1 Å². The zero-order valence-corrected chi connectivity index (χ0v) is 18.8. The van der Waals surface area contributed by atoms with Crippen LogP contribution in [0.5, 0.6) is 0 Å². The summed E-state index contributed by atoms with van der Waals surface area (Å²) in [6, 6.07) is 17.6. The fourth-order valence-corrected chi connectivity index (χ4v) is 3.78. The second kappa shape index (κ2) is 8.94. The summed E-state index contributed by atoms with van der Waals surface area (Å²) >= 11 is 0. The van der Waals surface area contributed by atoms with Gasteiger partial charge >= 0.3 is 0 Å². The second-order valence-corrected chi connectivity index (χ2v) is 9.29. The summed E-state index contributed by atoms with van der Waals surface area (Å²) in [7, 11) is 0. The zero-order valence-electron chi connectivity index (χ0n) is 18.8. The quantitative estimate of drug-likeness (QED) is 0.647. The van der Waals surface area contributed by atoms with Crippen LogP contribution in [0, 0.1) is 5.92 Å². The average molecular weight is 432 g/mol. The summed E-state index contributed by atoms with van der Waals surface area (Å²) in [5.41, 5.74) is 2.68. The van der Waals surface area contributed by atoms with Crippen molar-refractivity contribution < 1.29 is 9.59 Å². The molecule has 3 heterocycles. The molecule has 1 aromatic carbocycles. The van der Waals surface area contributed by atoms with Crippen molar-refractivity contribution in [3.05, 3.63) is 77.7 Å². The monoisotopic (exact) mass is 431 g/mol. The maximum atomic E-state index is 13.1. The van der Waals surface area contributed by atoms with E-state index < -0.39 is 5.92 Å². The van der Waals surface area contributed by atoms with Gasteiger partial charge in [0, 0.05) is 30.6 Å². The molecule has 3 aromatic rings. The number of carbonyl (C=O) groups excluding carboxylic acids is 2. The van der Waals surface area contributed by atoms with E-state index in [9.17, 15) is 9.59 Å². The van der Waals surface area contributed by atoms with Gasteiger partial charge in [-0.2, -0.15) is 5.10 Å². The van der Waals surface area contributed by atoms with Crippen LogP contribution < -0.4 is 5.32 Å². The second-order valence-electron chi connectivity index (χ2n) is 9.29. The Labute approximate surface area is 188 Å². The molecule has 1 aliphatic heterocycles. The van der Waals surface area contributed by atoms with Crippen LogP contribution in [0.4, 0.5) is 5.82 Å². The third-order valence-electron chi connectivity index (χ3n) is 5.64. The molecule has 7 heteroatoms. The number of anilines is 1. The van der Waals surface area contributed by atoms with Gasteiger partial charge in [-0.25, -0.2) is 4.68 Å². The average Bonchev–Trinajstić information content (AvgIpc) is 3.33. The standard InChI is InChI=1S/C25H29N5O2/c1-25(2,3)21-14-22(30(28-21)15-18-9-5-4-6-10-18)27-24(32)19-13-23(31)29(16-19)17-20-11-7-8-12-26-20/h4-12,14,19H,13,15-17H2,1-3H3,(H,27,32). The van der Waals surface area contributed by atoms with Crippen molar-refractivity contribution >= 4 is 17.6 Å². The zero-order chi connectivity index (χ0) is 22.7. The largest absolute Gasteiger partial charge is 0.336 e. The van der Waals surface area contributed by atoms with Crippen molar-refractivity contribution in [1.29, 1.82) is 0 Å². The first-order valence-electron chi connectivity index (χ1n) is 10.9. The number of nitrogens with one attached hydrogen (secondary N) is 1. The van der Waals surface area contributed by atoms with Gasteiger partial charge in [-0.3, -0.25) is 14.6 Å². The molecule has 0 spiro atoms. The minimum atomic E-state index is -0.399. The summed E-state index contributed by atoms with van der Waals surface area (Å²) in [6.07, 6.45) is 1.92. The maximum absolute atomic E-state index is 13.1. The van der Waals surface area contributed by atoms with Gasteiger partial charge in [0.05, 0.1) is 30.4 Å². The number of aromatic nitrogens is 3. The molecule has 1 aliphatic rings. The van der Waals surface area contributed by atoms with Crippen molar-refractivity contribution in [3.63, 3.8) is 0 Å². The molecule has 0 aliphatic carbocycles. The molecule has 1 fully saturated rings. The number of hydrogen-bond acceptors (Lipinski definition) is 4. The number of carbonyl (C=O) groups is 2. The highest BCUT2D eigenvalue weighted by molar-refractivity contribution is 5.96. The molecule has 0 radical (unpaired) electrons. The fraction of sp³-hybridized carbons (Fsp3) is 0.360. The normalized spacial score (nSPS) is 16.4. The lowest BCUT2D eigenvalue weighted by molar-refractivity contribution is -0.128. The van der Waals surface area contributed by atoms with Gasteiger partial charge in [0.25, 0.3) is 0 Å². The third-order valence-corrected chi connectivity index (χ3v) is 5.64. The summed E-state index contributed by atoms with van der Waals surface area (Å²) in [6.45, 7) is 7.66. The van der Waals surface area contributed by atoms with E-state index >= 15 is 0 Å². The van der Waals surface area contributed by atoms with Gasteiger partial charge in [-0.15, -0.1) is 0 Å². The molecule has 4 rings (SSSR count). The maximum Gasteiger partial charge on any atom is 0.230 e. The van der Waals surface area contributed by atoms with Gasteiger partial charge in [0.15, 0.2) is 0 Å². The SMILES string of the molecule is CC(C)(C)c1cc(NC(=O)C2CC(=O)N(Cc3ccccn3)C2)n(Cc2ccccc2)n1. The molecule has 32 heavy (non-hydrogen) atoms. The van der Waals surface area contributed by atoms with Gasteiger partial charge in [0.2, 0.25) is 11.8 Å². The molecule has 0 saturated carbocycles. The van der Waals surface area contributed by atoms with Crippen LogP contribution in [0.2, 0.25) is 0 Å². The lowest BCUT2D eigenvalue weighted by Gasteiger charge is -2.16. The first-order valence-corrected chi connectivity index (χ1v) is 10.9. The number of likely N-dealkylation sites (tertiary alicyclic amines) is 1. The van der Waals surface area contributed by atoms with E-state index in [0.29, 0.717) is 25.5 Å². The molecule has 2 amide bonds. The summed E-state index contributed by atoms with van der Waals surface area (Å²) < 4.78 is 1.83. The predicted octanol–water partition coefficient (Wildman–Crippen LogP) is 3.61. The summed E-state index contributed by atoms with van der Waals surface area (Å²) in [5, 5.41) is 7.80. The lowest BCUT2D eigenvalue weighted by Crippen LogP contribution is -2.28. The minimum Gasteiger partial charge on any atom is -0.336 e. The molecule has 1 atom stereocenters.